The van der Waals surface area contributed by atoms with E-state index in [-0.39, 0.29) is 10.8 Å². The highest BCUT2D eigenvalue weighted by Crippen LogP contribution is 2.38. The Balaban J connectivity index is 2.16. The Bertz CT molecular complexity index is 679. The number of carbonyl (C=O) groups is 1. The van der Waals surface area contributed by atoms with Crippen molar-refractivity contribution in [2.75, 3.05) is 31.1 Å². The van der Waals surface area contributed by atoms with E-state index >= 15 is 0 Å². The topological polar surface area (TPSA) is 32.8 Å². The van der Waals surface area contributed by atoms with Crippen LogP contribution in [0.4, 0.5) is 10.5 Å². The highest BCUT2D eigenvalue weighted by atomic mass is 32.2. The van der Waals surface area contributed by atoms with Crippen molar-refractivity contribution in [2.24, 2.45) is 0 Å². The molecule has 0 aliphatic carbocycles. The first-order chi connectivity index (χ1) is 12.5. The van der Waals surface area contributed by atoms with Crippen molar-refractivity contribution in [2.45, 2.75) is 63.7 Å². The van der Waals surface area contributed by atoms with Crippen molar-refractivity contribution in [1.29, 1.82) is 0 Å². The Morgan fingerprint density at radius 3 is 2.22 bits per heavy atom. The zero-order valence-corrected chi connectivity index (χ0v) is 18.7. The third kappa shape index (κ3) is 6.49. The van der Waals surface area contributed by atoms with Gasteiger partial charge in [0.25, 0.3) is 0 Å². The van der Waals surface area contributed by atoms with Crippen molar-refractivity contribution < 1.29 is 9.53 Å². The van der Waals surface area contributed by atoms with Gasteiger partial charge in [0.05, 0.1) is 0 Å². The molecule has 1 aromatic carbocycles. The molecule has 0 unspecified atom stereocenters. The number of amides is 1. The molecule has 1 aliphatic rings. The number of anilines is 1. The maximum atomic E-state index is 12.3. The average Bonchev–Trinajstić information content (AvgIpc) is 2.54. The van der Waals surface area contributed by atoms with Gasteiger partial charge in [0.1, 0.15) is 5.60 Å². The van der Waals surface area contributed by atoms with E-state index in [9.17, 15) is 4.79 Å². The van der Waals surface area contributed by atoms with E-state index in [1.807, 2.05) is 37.4 Å². The molecule has 0 atom stereocenters. The molecule has 0 radical (unpaired) electrons. The fourth-order valence-electron chi connectivity index (χ4n) is 3.02. The van der Waals surface area contributed by atoms with Crippen LogP contribution in [0.25, 0.3) is 6.08 Å². The molecule has 5 heteroatoms. The minimum Gasteiger partial charge on any atom is -0.444 e. The molecule has 4 nitrogen and oxygen atoms in total. The molecule has 1 aromatic rings. The molecule has 0 saturated carbocycles. The van der Waals surface area contributed by atoms with Crippen LogP contribution < -0.4 is 4.90 Å². The van der Waals surface area contributed by atoms with Gasteiger partial charge in [0.2, 0.25) is 0 Å². The molecule has 0 N–H and O–H groups in total. The monoisotopic (exact) mass is 390 g/mol. The van der Waals surface area contributed by atoms with Gasteiger partial charge in [-0.05, 0) is 39.8 Å². The Morgan fingerprint density at radius 1 is 1.07 bits per heavy atom. The second kappa shape index (κ2) is 8.59. The average molecular weight is 391 g/mol. The fraction of sp³-hybridized carbons (Fsp3) is 0.591. The summed E-state index contributed by atoms with van der Waals surface area (Å²) in [4.78, 5) is 17.8. The van der Waals surface area contributed by atoms with Crippen LogP contribution in [0.5, 0.6) is 0 Å². The lowest BCUT2D eigenvalue weighted by atomic mass is 10.1. The van der Waals surface area contributed by atoms with Gasteiger partial charge in [-0.1, -0.05) is 39.0 Å². The predicted molar refractivity (Wildman–Crippen MR) is 117 cm³/mol. The lowest BCUT2D eigenvalue weighted by molar-refractivity contribution is 0.0240. The van der Waals surface area contributed by atoms with Crippen molar-refractivity contribution in [3.05, 3.63) is 29.8 Å². The molecule has 1 amide bonds. The summed E-state index contributed by atoms with van der Waals surface area (Å²) >= 11 is 1.89. The number of ether oxygens (including phenoxy) is 1. The molecule has 150 valence electrons. The number of thioether (sulfide) groups is 1. The second-order valence-corrected chi connectivity index (χ2v) is 10.7. The normalized spacial score (nSPS) is 16.1. The summed E-state index contributed by atoms with van der Waals surface area (Å²) in [7, 11) is 0. The van der Waals surface area contributed by atoms with Crippen LogP contribution in [0.1, 0.15) is 54.0 Å². The highest BCUT2D eigenvalue weighted by molar-refractivity contribution is 8.00. The first-order valence-corrected chi connectivity index (χ1v) is 10.5. The number of carbonyl (C=O) groups excluding carboxylic acids is 1. The summed E-state index contributed by atoms with van der Waals surface area (Å²) in [6, 6.07) is 6.52. The third-order valence-electron chi connectivity index (χ3n) is 4.06. The molecule has 1 fully saturated rings. The van der Waals surface area contributed by atoms with Gasteiger partial charge < -0.3 is 14.5 Å². The highest BCUT2D eigenvalue weighted by Gasteiger charge is 2.27. The smallest absolute Gasteiger partial charge is 0.410 e. The summed E-state index contributed by atoms with van der Waals surface area (Å²) in [5.41, 5.74) is 2.06. The number of benzene rings is 1. The van der Waals surface area contributed by atoms with Gasteiger partial charge in [-0.3, -0.25) is 0 Å². The van der Waals surface area contributed by atoms with Crippen molar-refractivity contribution in [1.82, 2.24) is 4.90 Å². The molecule has 0 spiro atoms. The quantitative estimate of drug-likeness (QED) is 0.623. The van der Waals surface area contributed by atoms with Crippen LogP contribution in [0.3, 0.4) is 0 Å². The number of nitrogens with zero attached hydrogens (tertiary/aromatic N) is 2. The van der Waals surface area contributed by atoms with E-state index in [4.69, 9.17) is 4.74 Å². The lowest BCUT2D eigenvalue weighted by Gasteiger charge is -2.37. The minimum absolute atomic E-state index is 0.157. The number of hydrogen-bond donors (Lipinski definition) is 0. The summed E-state index contributed by atoms with van der Waals surface area (Å²) in [6.45, 7) is 17.5. The van der Waals surface area contributed by atoms with Crippen molar-refractivity contribution in [3.63, 3.8) is 0 Å². The van der Waals surface area contributed by atoms with Crippen LogP contribution in [-0.4, -0.2) is 47.5 Å². The standard InChI is InChI=1S/C22H34N2O2S/c1-8-10-17-18(11-9-12-19(17)27-22(5,6)7)23-13-15-24(16-14-23)20(25)26-21(2,3)4/h8-12H,13-16H2,1-7H3. The molecule has 1 heterocycles. The lowest BCUT2D eigenvalue weighted by Crippen LogP contribution is -2.50. The van der Waals surface area contributed by atoms with Crippen LogP contribution >= 0.6 is 11.8 Å². The summed E-state index contributed by atoms with van der Waals surface area (Å²) < 4.78 is 5.67. The van der Waals surface area contributed by atoms with E-state index in [0.29, 0.717) is 13.1 Å². The van der Waals surface area contributed by atoms with Crippen LogP contribution in [-0.2, 0) is 4.74 Å². The molecule has 0 aromatic heterocycles. The molecule has 1 saturated heterocycles. The summed E-state index contributed by atoms with van der Waals surface area (Å²) in [5.74, 6) is 0. The number of allylic oxidation sites excluding steroid dienone is 1. The molecule has 0 bridgehead atoms. The van der Waals surface area contributed by atoms with Crippen LogP contribution in [0.15, 0.2) is 29.2 Å². The number of hydrogen-bond acceptors (Lipinski definition) is 4. The zero-order valence-electron chi connectivity index (χ0n) is 17.8. The molecule has 1 aliphatic heterocycles. The van der Waals surface area contributed by atoms with E-state index in [2.05, 4.69) is 62.9 Å². The SMILES string of the molecule is CC=Cc1c(SC(C)(C)C)cccc1N1CCN(C(=O)OC(C)(C)C)CC1. The van der Waals surface area contributed by atoms with E-state index in [0.717, 1.165) is 13.1 Å². The summed E-state index contributed by atoms with van der Waals surface area (Å²) in [6.07, 6.45) is 4.08. The van der Waals surface area contributed by atoms with Gasteiger partial charge in [-0.2, -0.15) is 0 Å². The third-order valence-corrected chi connectivity index (χ3v) is 5.25. The molecular weight excluding hydrogens is 356 g/mol. The Kier molecular flexibility index (Phi) is 6.90. The van der Waals surface area contributed by atoms with E-state index < -0.39 is 5.60 Å². The minimum atomic E-state index is -0.453. The van der Waals surface area contributed by atoms with Gasteiger partial charge >= 0.3 is 6.09 Å². The number of piperazine rings is 1. The first kappa shape index (κ1) is 21.7. The van der Waals surface area contributed by atoms with Crippen molar-refractivity contribution in [3.8, 4) is 0 Å². The molecular formula is C22H34N2O2S. The summed E-state index contributed by atoms with van der Waals surface area (Å²) in [5, 5.41) is 0. The van der Waals surface area contributed by atoms with Crippen LogP contribution in [0, 0.1) is 0 Å². The van der Waals surface area contributed by atoms with E-state index in [1.54, 1.807) is 0 Å². The first-order valence-electron chi connectivity index (χ1n) is 9.68. The van der Waals surface area contributed by atoms with Gasteiger partial charge in [0.15, 0.2) is 0 Å². The molecule has 2 rings (SSSR count). The van der Waals surface area contributed by atoms with Crippen LogP contribution in [0.2, 0.25) is 0 Å². The van der Waals surface area contributed by atoms with Gasteiger partial charge in [0, 0.05) is 47.1 Å². The van der Waals surface area contributed by atoms with Gasteiger partial charge in [-0.15, -0.1) is 11.8 Å². The molecule has 27 heavy (non-hydrogen) atoms. The maximum Gasteiger partial charge on any atom is 0.410 e. The Hall–Kier alpha value is -1.62. The fourth-order valence-corrected chi connectivity index (χ4v) is 4.11. The largest absolute Gasteiger partial charge is 0.444 e. The maximum absolute atomic E-state index is 12.3. The second-order valence-electron chi connectivity index (χ2n) is 8.86. The zero-order chi connectivity index (χ0) is 20.2. The van der Waals surface area contributed by atoms with Crippen molar-refractivity contribution >= 4 is 29.6 Å². The van der Waals surface area contributed by atoms with E-state index in [1.165, 1.54) is 16.1 Å². The Labute approximate surface area is 168 Å². The number of rotatable bonds is 3. The predicted octanol–water partition coefficient (Wildman–Crippen LogP) is 5.67. The van der Waals surface area contributed by atoms with Gasteiger partial charge in [-0.25, -0.2) is 4.79 Å². The Morgan fingerprint density at radius 2 is 1.70 bits per heavy atom.